The first-order valence-electron chi connectivity index (χ1n) is 8.07. The third-order valence-electron chi connectivity index (χ3n) is 6.48. The normalized spacial score (nSPS) is 41.4. The van der Waals surface area contributed by atoms with E-state index in [2.05, 4.69) is 19.2 Å². The number of urea groups is 1. The summed E-state index contributed by atoms with van der Waals surface area (Å²) in [5.74, 6) is 0.222. The lowest BCUT2D eigenvalue weighted by molar-refractivity contribution is -0.166. The summed E-state index contributed by atoms with van der Waals surface area (Å²) in [5, 5.41) is 2.65. The predicted octanol–water partition coefficient (Wildman–Crippen LogP) is 1.32. The molecule has 5 atom stereocenters. The van der Waals surface area contributed by atoms with Crippen molar-refractivity contribution in [3.63, 3.8) is 0 Å². The van der Waals surface area contributed by atoms with E-state index in [0.717, 1.165) is 19.3 Å². The van der Waals surface area contributed by atoms with Crippen LogP contribution in [-0.2, 0) is 19.0 Å². The van der Waals surface area contributed by atoms with Crippen LogP contribution in [0.3, 0.4) is 0 Å². The van der Waals surface area contributed by atoms with Gasteiger partial charge < -0.3 is 19.5 Å². The first-order valence-corrected chi connectivity index (χ1v) is 8.07. The third-order valence-corrected chi connectivity index (χ3v) is 6.48. The molecule has 2 saturated carbocycles. The molecule has 2 aliphatic carbocycles. The first-order chi connectivity index (χ1) is 10.8. The summed E-state index contributed by atoms with van der Waals surface area (Å²) >= 11 is 0. The van der Waals surface area contributed by atoms with Crippen LogP contribution >= 0.6 is 0 Å². The maximum absolute atomic E-state index is 13.5. The Kier molecular flexibility index (Phi) is 3.93. The summed E-state index contributed by atoms with van der Waals surface area (Å²) in [4.78, 5) is 27.1. The number of amides is 3. The van der Waals surface area contributed by atoms with Crippen molar-refractivity contribution in [3.05, 3.63) is 0 Å². The van der Waals surface area contributed by atoms with Crippen LogP contribution in [0.25, 0.3) is 0 Å². The molecule has 0 unspecified atom stereocenters. The van der Waals surface area contributed by atoms with Crippen molar-refractivity contribution >= 4 is 11.9 Å². The number of methoxy groups -OCH3 is 3. The average molecular weight is 326 g/mol. The number of fused-ring (bicyclic) bond motifs is 2. The molecule has 1 aliphatic heterocycles. The number of nitrogens with one attached hydrogen (secondary N) is 1. The highest BCUT2D eigenvalue weighted by Crippen LogP contribution is 2.67. The molecule has 3 amide bonds. The van der Waals surface area contributed by atoms with Gasteiger partial charge in [0.2, 0.25) is 5.91 Å². The van der Waals surface area contributed by atoms with Gasteiger partial charge in [0.05, 0.1) is 11.5 Å². The molecule has 3 fully saturated rings. The maximum Gasteiger partial charge on any atom is 0.328 e. The lowest BCUT2D eigenvalue weighted by Gasteiger charge is -2.42. The lowest BCUT2D eigenvalue weighted by atomic mass is 9.67. The Morgan fingerprint density at radius 1 is 1.22 bits per heavy atom. The number of hydrogen-bond acceptors (Lipinski definition) is 5. The number of nitrogens with zero attached hydrogens (tertiary/aromatic N) is 1. The summed E-state index contributed by atoms with van der Waals surface area (Å²) in [6, 6.07) is -0.468. The van der Waals surface area contributed by atoms with Crippen molar-refractivity contribution in [2.24, 2.45) is 16.7 Å². The minimum atomic E-state index is -0.762. The zero-order valence-corrected chi connectivity index (χ0v) is 14.4. The van der Waals surface area contributed by atoms with Crippen molar-refractivity contribution in [3.8, 4) is 0 Å². The van der Waals surface area contributed by atoms with Crippen LogP contribution in [0, 0.1) is 16.7 Å². The van der Waals surface area contributed by atoms with Crippen LogP contribution in [0.1, 0.15) is 33.1 Å². The topological polar surface area (TPSA) is 77.1 Å². The predicted molar refractivity (Wildman–Crippen MR) is 81.3 cm³/mol. The van der Waals surface area contributed by atoms with Crippen molar-refractivity contribution < 1.29 is 23.8 Å². The molecule has 23 heavy (non-hydrogen) atoms. The SMILES string of the molecule is CO[C@@H]1NC(=O)N(C(=O)[C@]23CC[C@H](C[C@H]2OC)C3(C)C)[C@H]1OC. The monoisotopic (exact) mass is 326 g/mol. The van der Waals surface area contributed by atoms with Gasteiger partial charge in [0.25, 0.3) is 0 Å². The molecule has 1 heterocycles. The Balaban J connectivity index is 2.00. The average Bonchev–Trinajstić information content (AvgIpc) is 3.08. The zero-order valence-electron chi connectivity index (χ0n) is 14.4. The van der Waals surface area contributed by atoms with Gasteiger partial charge >= 0.3 is 6.03 Å². The number of hydrogen-bond donors (Lipinski definition) is 1. The van der Waals surface area contributed by atoms with Gasteiger partial charge in [-0.25, -0.2) is 9.69 Å². The molecule has 0 radical (unpaired) electrons. The Morgan fingerprint density at radius 2 is 1.91 bits per heavy atom. The van der Waals surface area contributed by atoms with Crippen LogP contribution in [-0.4, -0.2) is 56.7 Å². The summed E-state index contributed by atoms with van der Waals surface area (Å²) in [7, 11) is 4.60. The molecule has 0 aromatic heterocycles. The molecule has 130 valence electrons. The fraction of sp³-hybridized carbons (Fsp3) is 0.875. The van der Waals surface area contributed by atoms with E-state index in [4.69, 9.17) is 14.2 Å². The van der Waals surface area contributed by atoms with E-state index in [1.807, 2.05) is 0 Å². The van der Waals surface area contributed by atoms with E-state index in [1.54, 1.807) is 7.11 Å². The van der Waals surface area contributed by atoms with Crippen molar-refractivity contribution in [1.82, 2.24) is 10.2 Å². The molecule has 7 heteroatoms. The van der Waals surface area contributed by atoms with Crippen LogP contribution in [0.4, 0.5) is 4.79 Å². The summed E-state index contributed by atoms with van der Waals surface area (Å²) < 4.78 is 16.3. The fourth-order valence-electron chi connectivity index (χ4n) is 5.06. The van der Waals surface area contributed by atoms with E-state index in [9.17, 15) is 9.59 Å². The maximum atomic E-state index is 13.5. The molecular formula is C16H26N2O5. The van der Waals surface area contributed by atoms with Gasteiger partial charge in [0.1, 0.15) is 0 Å². The Morgan fingerprint density at radius 3 is 2.43 bits per heavy atom. The molecule has 1 N–H and O–H groups in total. The summed E-state index contributed by atoms with van der Waals surface area (Å²) in [5.41, 5.74) is -0.905. The van der Waals surface area contributed by atoms with Crippen LogP contribution in [0.5, 0.6) is 0 Å². The van der Waals surface area contributed by atoms with Crippen molar-refractivity contribution in [1.29, 1.82) is 0 Å². The number of imide groups is 1. The molecule has 0 aromatic rings. The standard InChI is InChI=1S/C16H26N2O5/c1-15(2)9-6-7-16(15,10(8-9)21-3)13(19)18-12(23-5)11(22-4)17-14(18)20/h9-12H,6-8H2,1-5H3,(H,17,20)/t9-,10-,11+,12+,16+/m1/s1. The highest BCUT2D eigenvalue weighted by atomic mass is 16.6. The highest BCUT2D eigenvalue weighted by Gasteiger charge is 2.70. The second-order valence-corrected chi connectivity index (χ2v) is 7.30. The quantitative estimate of drug-likeness (QED) is 0.843. The Labute approximate surface area is 136 Å². The minimum absolute atomic E-state index is 0.171. The molecule has 7 nitrogen and oxygen atoms in total. The van der Waals surface area contributed by atoms with E-state index in [-0.39, 0.29) is 17.4 Å². The summed E-state index contributed by atoms with van der Waals surface area (Å²) in [6.45, 7) is 4.23. The highest BCUT2D eigenvalue weighted by molar-refractivity contribution is 6.00. The summed E-state index contributed by atoms with van der Waals surface area (Å²) in [6.07, 6.45) is 0.989. The van der Waals surface area contributed by atoms with Crippen LogP contribution in [0.2, 0.25) is 0 Å². The van der Waals surface area contributed by atoms with E-state index in [1.165, 1.54) is 19.1 Å². The van der Waals surface area contributed by atoms with E-state index in [0.29, 0.717) is 5.92 Å². The smallest absolute Gasteiger partial charge is 0.328 e. The van der Waals surface area contributed by atoms with Gasteiger partial charge in [0.15, 0.2) is 12.5 Å². The fourth-order valence-corrected chi connectivity index (χ4v) is 5.06. The molecular weight excluding hydrogens is 300 g/mol. The van der Waals surface area contributed by atoms with Crippen molar-refractivity contribution in [2.75, 3.05) is 21.3 Å². The zero-order chi connectivity index (χ0) is 17.0. The molecule has 0 aromatic carbocycles. The van der Waals surface area contributed by atoms with Gasteiger partial charge in [-0.3, -0.25) is 4.79 Å². The number of ether oxygens (including phenoxy) is 3. The molecule has 0 spiro atoms. The van der Waals surface area contributed by atoms with Crippen LogP contribution < -0.4 is 5.32 Å². The van der Waals surface area contributed by atoms with Gasteiger partial charge in [-0.2, -0.15) is 0 Å². The van der Waals surface area contributed by atoms with E-state index >= 15 is 0 Å². The van der Waals surface area contributed by atoms with Crippen molar-refractivity contribution in [2.45, 2.75) is 51.7 Å². The second kappa shape index (κ2) is 5.43. The van der Waals surface area contributed by atoms with Gasteiger partial charge in [-0.1, -0.05) is 13.8 Å². The second-order valence-electron chi connectivity index (χ2n) is 7.30. The van der Waals surface area contributed by atoms with Crippen LogP contribution in [0.15, 0.2) is 0 Å². The van der Waals surface area contributed by atoms with Gasteiger partial charge in [0, 0.05) is 21.3 Å². The number of carbonyl (C=O) groups excluding carboxylic acids is 2. The largest absolute Gasteiger partial charge is 0.380 e. The Hall–Kier alpha value is -1.18. The van der Waals surface area contributed by atoms with E-state index < -0.39 is 23.9 Å². The number of rotatable bonds is 4. The third kappa shape index (κ3) is 1.93. The molecule has 3 aliphatic rings. The minimum Gasteiger partial charge on any atom is -0.380 e. The molecule has 1 saturated heterocycles. The molecule has 2 bridgehead atoms. The number of carbonyl (C=O) groups is 2. The van der Waals surface area contributed by atoms with Gasteiger partial charge in [-0.05, 0) is 30.6 Å². The molecule has 3 rings (SSSR count). The van der Waals surface area contributed by atoms with Gasteiger partial charge in [-0.15, -0.1) is 0 Å². The lowest BCUT2D eigenvalue weighted by Crippen LogP contribution is -2.56. The first kappa shape index (κ1) is 16.7. The Bertz CT molecular complexity index is 523.